The molecule has 1 saturated heterocycles. The maximum absolute atomic E-state index is 12.6. The van der Waals surface area contributed by atoms with E-state index in [1.807, 2.05) is 24.3 Å². The zero-order chi connectivity index (χ0) is 20.9. The third-order valence-corrected chi connectivity index (χ3v) is 6.09. The van der Waals surface area contributed by atoms with E-state index in [1.165, 1.54) is 0 Å². The second kappa shape index (κ2) is 9.28. The van der Waals surface area contributed by atoms with E-state index in [9.17, 15) is 9.59 Å². The molecule has 2 aromatic carbocycles. The van der Waals surface area contributed by atoms with E-state index < -0.39 is 0 Å². The number of aromatic nitrogens is 1. The SMILES string of the molecule is O=C(/C=C/c1nc2ccccc2s1)N1CCCN(C(=O)Nc2cccc(Cl)c2)CC1. The van der Waals surface area contributed by atoms with Crippen LogP contribution in [0.3, 0.4) is 0 Å². The van der Waals surface area contributed by atoms with Crippen molar-refractivity contribution in [1.29, 1.82) is 0 Å². The van der Waals surface area contributed by atoms with Gasteiger partial charge in [0.05, 0.1) is 10.2 Å². The van der Waals surface area contributed by atoms with Crippen molar-refractivity contribution in [3.8, 4) is 0 Å². The van der Waals surface area contributed by atoms with Gasteiger partial charge in [0.2, 0.25) is 5.91 Å². The van der Waals surface area contributed by atoms with Crippen LogP contribution in [-0.4, -0.2) is 52.9 Å². The first-order valence-corrected chi connectivity index (χ1v) is 10.9. The van der Waals surface area contributed by atoms with Crippen molar-refractivity contribution in [2.75, 3.05) is 31.5 Å². The van der Waals surface area contributed by atoms with Crippen LogP contribution in [0, 0.1) is 0 Å². The summed E-state index contributed by atoms with van der Waals surface area (Å²) >= 11 is 7.53. The highest BCUT2D eigenvalue weighted by Crippen LogP contribution is 2.22. The maximum Gasteiger partial charge on any atom is 0.321 e. The molecule has 1 aliphatic heterocycles. The molecule has 8 heteroatoms. The number of amides is 3. The second-order valence-electron chi connectivity index (χ2n) is 6.96. The fraction of sp³-hybridized carbons (Fsp3) is 0.227. The van der Waals surface area contributed by atoms with Crippen LogP contribution < -0.4 is 5.32 Å². The number of nitrogens with zero attached hydrogens (tertiary/aromatic N) is 3. The van der Waals surface area contributed by atoms with Crippen LogP contribution in [0.25, 0.3) is 16.3 Å². The van der Waals surface area contributed by atoms with Crippen LogP contribution in [-0.2, 0) is 4.79 Å². The molecule has 0 radical (unpaired) electrons. The van der Waals surface area contributed by atoms with Crippen molar-refractivity contribution in [3.05, 3.63) is 64.6 Å². The Kier molecular flexibility index (Phi) is 6.30. The van der Waals surface area contributed by atoms with Gasteiger partial charge in [0, 0.05) is 43.0 Å². The van der Waals surface area contributed by atoms with Gasteiger partial charge in [-0.2, -0.15) is 0 Å². The molecule has 0 unspecified atom stereocenters. The van der Waals surface area contributed by atoms with Gasteiger partial charge in [-0.3, -0.25) is 4.79 Å². The van der Waals surface area contributed by atoms with Crippen molar-refractivity contribution in [2.45, 2.75) is 6.42 Å². The number of nitrogens with one attached hydrogen (secondary N) is 1. The van der Waals surface area contributed by atoms with Gasteiger partial charge in [-0.25, -0.2) is 9.78 Å². The minimum Gasteiger partial charge on any atom is -0.337 e. The van der Waals surface area contributed by atoms with Gasteiger partial charge in [-0.05, 0) is 42.8 Å². The Morgan fingerprint density at radius 3 is 2.67 bits per heavy atom. The molecule has 1 aromatic heterocycles. The number of hydrogen-bond acceptors (Lipinski definition) is 4. The summed E-state index contributed by atoms with van der Waals surface area (Å²) in [6, 6.07) is 14.8. The summed E-state index contributed by atoms with van der Waals surface area (Å²) in [4.78, 5) is 33.2. The van der Waals surface area contributed by atoms with Crippen LogP contribution in [0.5, 0.6) is 0 Å². The fourth-order valence-electron chi connectivity index (χ4n) is 3.32. The molecule has 3 aromatic rings. The Hall–Kier alpha value is -2.90. The lowest BCUT2D eigenvalue weighted by Crippen LogP contribution is -2.39. The molecule has 0 atom stereocenters. The molecule has 1 N–H and O–H groups in total. The van der Waals surface area contributed by atoms with Crippen molar-refractivity contribution in [1.82, 2.24) is 14.8 Å². The number of anilines is 1. The van der Waals surface area contributed by atoms with Gasteiger partial charge in [0.1, 0.15) is 5.01 Å². The summed E-state index contributed by atoms with van der Waals surface area (Å²) in [5.41, 5.74) is 1.59. The summed E-state index contributed by atoms with van der Waals surface area (Å²) in [6.07, 6.45) is 4.06. The van der Waals surface area contributed by atoms with Crippen molar-refractivity contribution < 1.29 is 9.59 Å². The number of carbonyl (C=O) groups is 2. The standard InChI is InChI=1S/C22H21ClN4O2S/c23-16-5-3-6-17(15-16)24-22(29)27-12-4-11-26(13-14-27)21(28)10-9-20-25-18-7-1-2-8-19(18)30-20/h1-3,5-10,15H,4,11-14H2,(H,24,29)/b10-9+. The summed E-state index contributed by atoms with van der Waals surface area (Å²) in [5, 5.41) is 4.24. The molecule has 1 aliphatic rings. The average molecular weight is 441 g/mol. The molecule has 1 fully saturated rings. The van der Waals surface area contributed by atoms with E-state index >= 15 is 0 Å². The van der Waals surface area contributed by atoms with E-state index in [0.717, 1.165) is 21.6 Å². The summed E-state index contributed by atoms with van der Waals surface area (Å²) in [7, 11) is 0. The molecule has 0 spiro atoms. The number of benzene rings is 2. The number of rotatable bonds is 3. The van der Waals surface area contributed by atoms with Crippen molar-refractivity contribution in [3.63, 3.8) is 0 Å². The van der Waals surface area contributed by atoms with Gasteiger partial charge in [0.15, 0.2) is 0 Å². The molecule has 4 rings (SSSR count). The Morgan fingerprint density at radius 1 is 1.03 bits per heavy atom. The molecule has 6 nitrogen and oxygen atoms in total. The number of carbonyl (C=O) groups excluding carboxylic acids is 2. The highest BCUT2D eigenvalue weighted by molar-refractivity contribution is 7.19. The monoisotopic (exact) mass is 440 g/mol. The van der Waals surface area contributed by atoms with E-state index in [1.54, 1.807) is 57.6 Å². The van der Waals surface area contributed by atoms with Gasteiger partial charge >= 0.3 is 6.03 Å². The fourth-order valence-corrected chi connectivity index (χ4v) is 4.38. The molecule has 2 heterocycles. The number of urea groups is 1. The Bertz CT molecular complexity index is 1060. The largest absolute Gasteiger partial charge is 0.337 e. The summed E-state index contributed by atoms with van der Waals surface area (Å²) < 4.78 is 1.10. The zero-order valence-electron chi connectivity index (χ0n) is 16.3. The lowest BCUT2D eigenvalue weighted by molar-refractivity contribution is -0.125. The predicted molar refractivity (Wildman–Crippen MR) is 122 cm³/mol. The molecule has 0 saturated carbocycles. The summed E-state index contributed by atoms with van der Waals surface area (Å²) in [6.45, 7) is 2.18. The molecule has 0 aliphatic carbocycles. The minimum absolute atomic E-state index is 0.0636. The van der Waals surface area contributed by atoms with Gasteiger partial charge in [-0.1, -0.05) is 29.8 Å². The zero-order valence-corrected chi connectivity index (χ0v) is 17.8. The second-order valence-corrected chi connectivity index (χ2v) is 8.46. The quantitative estimate of drug-likeness (QED) is 0.599. The molecule has 0 bridgehead atoms. The topological polar surface area (TPSA) is 65.5 Å². The summed E-state index contributed by atoms with van der Waals surface area (Å²) in [5.74, 6) is -0.0636. The normalized spacial score (nSPS) is 14.8. The maximum atomic E-state index is 12.6. The number of para-hydroxylation sites is 1. The van der Waals surface area contributed by atoms with Crippen LogP contribution in [0.1, 0.15) is 11.4 Å². The molecular weight excluding hydrogens is 420 g/mol. The first-order valence-electron chi connectivity index (χ1n) is 9.72. The minimum atomic E-state index is -0.184. The highest BCUT2D eigenvalue weighted by Gasteiger charge is 2.21. The van der Waals surface area contributed by atoms with Crippen molar-refractivity contribution in [2.24, 2.45) is 0 Å². The lowest BCUT2D eigenvalue weighted by atomic mass is 10.3. The van der Waals surface area contributed by atoms with Crippen LogP contribution in [0.2, 0.25) is 5.02 Å². The van der Waals surface area contributed by atoms with E-state index in [4.69, 9.17) is 11.6 Å². The van der Waals surface area contributed by atoms with Crippen LogP contribution in [0.15, 0.2) is 54.6 Å². The molecule has 154 valence electrons. The first-order chi connectivity index (χ1) is 14.6. The Labute approximate surface area is 183 Å². The van der Waals surface area contributed by atoms with Crippen LogP contribution >= 0.6 is 22.9 Å². The van der Waals surface area contributed by atoms with E-state index in [-0.39, 0.29) is 11.9 Å². The molecular formula is C22H21ClN4O2S. The van der Waals surface area contributed by atoms with Gasteiger partial charge < -0.3 is 15.1 Å². The van der Waals surface area contributed by atoms with E-state index in [0.29, 0.717) is 36.9 Å². The third kappa shape index (κ3) is 4.98. The number of halogens is 1. The number of hydrogen-bond donors (Lipinski definition) is 1. The van der Waals surface area contributed by atoms with E-state index in [2.05, 4.69) is 10.3 Å². The first kappa shape index (κ1) is 20.4. The van der Waals surface area contributed by atoms with Crippen molar-refractivity contribution >= 4 is 56.9 Å². The van der Waals surface area contributed by atoms with Crippen LogP contribution in [0.4, 0.5) is 10.5 Å². The van der Waals surface area contributed by atoms with Gasteiger partial charge in [-0.15, -0.1) is 11.3 Å². The highest BCUT2D eigenvalue weighted by atomic mass is 35.5. The number of fused-ring (bicyclic) bond motifs is 1. The Balaban J connectivity index is 1.34. The smallest absolute Gasteiger partial charge is 0.321 e. The average Bonchev–Trinajstić information content (AvgIpc) is 2.99. The molecule has 3 amide bonds. The predicted octanol–water partition coefficient (Wildman–Crippen LogP) is 4.73. The lowest BCUT2D eigenvalue weighted by Gasteiger charge is -2.22. The Morgan fingerprint density at radius 2 is 1.83 bits per heavy atom. The number of thiazole rings is 1. The third-order valence-electron chi connectivity index (χ3n) is 4.85. The van der Waals surface area contributed by atoms with Gasteiger partial charge in [0.25, 0.3) is 0 Å². The molecule has 30 heavy (non-hydrogen) atoms.